The summed E-state index contributed by atoms with van der Waals surface area (Å²) in [6.07, 6.45) is 0.211. The number of ether oxygens (including phenoxy) is 1. The van der Waals surface area contributed by atoms with Gasteiger partial charge in [0.05, 0.1) is 23.2 Å². The highest BCUT2D eigenvalue weighted by molar-refractivity contribution is 6.34. The van der Waals surface area contributed by atoms with Crippen LogP contribution in [0.2, 0.25) is 5.02 Å². The van der Waals surface area contributed by atoms with Gasteiger partial charge < -0.3 is 15.0 Å². The molecule has 0 spiro atoms. The fraction of sp³-hybridized carbons (Fsp3) is 0.500. The highest BCUT2D eigenvalue weighted by Crippen LogP contribution is 2.35. The SMILES string of the molecule is COCCNC(=O)C1CC(=O)N(c2c(C)cc(C)cc2Cl)C1. The number of nitrogens with zero attached hydrogens (tertiary/aromatic N) is 1. The number of hydrogen-bond acceptors (Lipinski definition) is 3. The second-order valence-corrected chi connectivity index (χ2v) is 6.01. The normalized spacial score (nSPS) is 17.9. The fourth-order valence-corrected chi connectivity index (χ4v) is 3.19. The summed E-state index contributed by atoms with van der Waals surface area (Å²) in [6.45, 7) is 5.15. The molecule has 1 heterocycles. The van der Waals surface area contributed by atoms with E-state index in [1.165, 1.54) is 0 Å². The molecule has 1 aromatic rings. The molecule has 1 N–H and O–H groups in total. The van der Waals surface area contributed by atoms with Crippen LogP contribution in [0.25, 0.3) is 0 Å². The Morgan fingerprint density at radius 1 is 1.45 bits per heavy atom. The van der Waals surface area contributed by atoms with E-state index in [4.69, 9.17) is 16.3 Å². The molecule has 1 unspecified atom stereocenters. The summed E-state index contributed by atoms with van der Waals surface area (Å²) in [4.78, 5) is 26.0. The van der Waals surface area contributed by atoms with E-state index in [-0.39, 0.29) is 24.2 Å². The zero-order chi connectivity index (χ0) is 16.3. The van der Waals surface area contributed by atoms with Crippen LogP contribution in [0.5, 0.6) is 0 Å². The predicted molar refractivity (Wildman–Crippen MR) is 86.3 cm³/mol. The summed E-state index contributed by atoms with van der Waals surface area (Å²) in [6, 6.07) is 3.82. The molecule has 0 saturated carbocycles. The molecule has 6 heteroatoms. The van der Waals surface area contributed by atoms with Crippen molar-refractivity contribution in [1.82, 2.24) is 5.32 Å². The van der Waals surface area contributed by atoms with Crippen LogP contribution < -0.4 is 10.2 Å². The fourth-order valence-electron chi connectivity index (χ4n) is 2.77. The van der Waals surface area contributed by atoms with Crippen LogP contribution >= 0.6 is 11.6 Å². The van der Waals surface area contributed by atoms with Crippen LogP contribution in [-0.4, -0.2) is 38.6 Å². The molecule has 1 fully saturated rings. The number of methoxy groups -OCH3 is 1. The summed E-state index contributed by atoms with van der Waals surface area (Å²) >= 11 is 6.30. The van der Waals surface area contributed by atoms with Gasteiger partial charge in [0.1, 0.15) is 0 Å². The molecule has 1 atom stereocenters. The van der Waals surface area contributed by atoms with Crippen molar-refractivity contribution >= 4 is 29.1 Å². The Hall–Kier alpha value is -1.59. The van der Waals surface area contributed by atoms with Crippen molar-refractivity contribution in [2.45, 2.75) is 20.3 Å². The minimum atomic E-state index is -0.346. The summed E-state index contributed by atoms with van der Waals surface area (Å²) in [5.41, 5.74) is 2.70. The maximum Gasteiger partial charge on any atom is 0.227 e. The minimum absolute atomic E-state index is 0.0688. The first-order valence-electron chi connectivity index (χ1n) is 7.27. The molecule has 0 bridgehead atoms. The van der Waals surface area contributed by atoms with Gasteiger partial charge in [-0.25, -0.2) is 0 Å². The molecule has 0 aromatic heterocycles. The third kappa shape index (κ3) is 3.59. The molecule has 2 rings (SSSR count). The lowest BCUT2D eigenvalue weighted by Crippen LogP contribution is -2.34. The van der Waals surface area contributed by atoms with Gasteiger partial charge in [0.25, 0.3) is 0 Å². The van der Waals surface area contributed by atoms with Crippen molar-refractivity contribution in [3.05, 3.63) is 28.3 Å². The van der Waals surface area contributed by atoms with Gasteiger partial charge in [-0.05, 0) is 31.0 Å². The first-order valence-corrected chi connectivity index (χ1v) is 7.65. The maximum atomic E-state index is 12.3. The second-order valence-electron chi connectivity index (χ2n) is 5.60. The number of rotatable bonds is 5. The second kappa shape index (κ2) is 7.11. The van der Waals surface area contributed by atoms with Crippen molar-refractivity contribution in [1.29, 1.82) is 0 Å². The number of nitrogens with one attached hydrogen (secondary N) is 1. The van der Waals surface area contributed by atoms with Crippen molar-refractivity contribution in [3.8, 4) is 0 Å². The number of halogens is 1. The molecule has 22 heavy (non-hydrogen) atoms. The summed E-state index contributed by atoms with van der Waals surface area (Å²) < 4.78 is 4.90. The standard InChI is InChI=1S/C16H21ClN2O3/c1-10-6-11(2)15(13(17)7-10)19-9-12(8-14(19)20)16(21)18-4-5-22-3/h6-7,12H,4-5,8-9H2,1-3H3,(H,18,21). The molecule has 1 aliphatic rings. The molecule has 1 aromatic carbocycles. The Morgan fingerprint density at radius 2 is 2.18 bits per heavy atom. The number of carbonyl (C=O) groups is 2. The molecule has 2 amide bonds. The number of aryl methyl sites for hydroxylation is 2. The van der Waals surface area contributed by atoms with Crippen LogP contribution in [0.4, 0.5) is 5.69 Å². The minimum Gasteiger partial charge on any atom is -0.383 e. The topological polar surface area (TPSA) is 58.6 Å². The number of benzene rings is 1. The summed E-state index contributed by atoms with van der Waals surface area (Å²) in [5.74, 6) is -0.532. The lowest BCUT2D eigenvalue weighted by atomic mass is 10.1. The highest BCUT2D eigenvalue weighted by Gasteiger charge is 2.36. The van der Waals surface area contributed by atoms with Gasteiger partial charge in [0, 0.05) is 26.6 Å². The van der Waals surface area contributed by atoms with Crippen molar-refractivity contribution in [2.75, 3.05) is 31.7 Å². The van der Waals surface area contributed by atoms with Crippen LogP contribution in [-0.2, 0) is 14.3 Å². The van der Waals surface area contributed by atoms with E-state index in [0.29, 0.717) is 30.4 Å². The highest BCUT2D eigenvalue weighted by atomic mass is 35.5. The molecule has 5 nitrogen and oxygen atoms in total. The first-order chi connectivity index (χ1) is 10.4. The van der Waals surface area contributed by atoms with Gasteiger partial charge in [0.15, 0.2) is 0 Å². The summed E-state index contributed by atoms with van der Waals surface area (Å²) in [7, 11) is 1.58. The van der Waals surface area contributed by atoms with Crippen molar-refractivity contribution in [3.63, 3.8) is 0 Å². The van der Waals surface area contributed by atoms with Crippen LogP contribution in [0.1, 0.15) is 17.5 Å². The maximum absolute atomic E-state index is 12.3. The smallest absolute Gasteiger partial charge is 0.227 e. The molecule has 0 radical (unpaired) electrons. The number of hydrogen-bond donors (Lipinski definition) is 1. The van der Waals surface area contributed by atoms with E-state index in [9.17, 15) is 9.59 Å². The third-order valence-corrected chi connectivity index (χ3v) is 4.06. The van der Waals surface area contributed by atoms with Crippen LogP contribution in [0.3, 0.4) is 0 Å². The average Bonchev–Trinajstić information content (AvgIpc) is 2.80. The van der Waals surface area contributed by atoms with Gasteiger partial charge in [-0.2, -0.15) is 0 Å². The van der Waals surface area contributed by atoms with Crippen LogP contribution in [0.15, 0.2) is 12.1 Å². The Labute approximate surface area is 135 Å². The predicted octanol–water partition coefficient (Wildman–Crippen LogP) is 2.07. The largest absolute Gasteiger partial charge is 0.383 e. The van der Waals surface area contributed by atoms with Gasteiger partial charge in [-0.15, -0.1) is 0 Å². The van der Waals surface area contributed by atoms with Crippen LogP contribution in [0, 0.1) is 19.8 Å². The Balaban J connectivity index is 2.12. The number of amides is 2. The number of anilines is 1. The van der Waals surface area contributed by atoms with E-state index < -0.39 is 0 Å². The molecule has 1 aliphatic heterocycles. The molecule has 120 valence electrons. The van der Waals surface area contributed by atoms with E-state index in [2.05, 4.69) is 5.32 Å². The summed E-state index contributed by atoms with van der Waals surface area (Å²) in [5, 5.41) is 3.33. The lowest BCUT2D eigenvalue weighted by molar-refractivity contribution is -0.126. The third-order valence-electron chi connectivity index (χ3n) is 3.77. The monoisotopic (exact) mass is 324 g/mol. The molecular formula is C16H21ClN2O3. The zero-order valence-corrected chi connectivity index (χ0v) is 13.9. The zero-order valence-electron chi connectivity index (χ0n) is 13.1. The molecule has 0 aliphatic carbocycles. The quantitative estimate of drug-likeness (QED) is 0.844. The van der Waals surface area contributed by atoms with Crippen molar-refractivity contribution in [2.24, 2.45) is 5.92 Å². The Morgan fingerprint density at radius 3 is 2.82 bits per heavy atom. The molecular weight excluding hydrogens is 304 g/mol. The average molecular weight is 325 g/mol. The van der Waals surface area contributed by atoms with Gasteiger partial charge in [0.2, 0.25) is 11.8 Å². The van der Waals surface area contributed by atoms with Gasteiger partial charge in [-0.1, -0.05) is 17.7 Å². The Bertz CT molecular complexity index is 566. The number of carbonyl (C=O) groups excluding carboxylic acids is 2. The van der Waals surface area contributed by atoms with E-state index in [1.54, 1.807) is 12.0 Å². The van der Waals surface area contributed by atoms with E-state index in [1.807, 2.05) is 26.0 Å². The van der Waals surface area contributed by atoms with E-state index in [0.717, 1.165) is 11.1 Å². The lowest BCUT2D eigenvalue weighted by Gasteiger charge is -2.21. The molecule has 1 saturated heterocycles. The van der Waals surface area contributed by atoms with Crippen molar-refractivity contribution < 1.29 is 14.3 Å². The van der Waals surface area contributed by atoms with E-state index >= 15 is 0 Å². The Kier molecular flexibility index (Phi) is 5.42. The van der Waals surface area contributed by atoms with Gasteiger partial charge >= 0.3 is 0 Å². The first kappa shape index (κ1) is 16.8. The van der Waals surface area contributed by atoms with Gasteiger partial charge in [-0.3, -0.25) is 9.59 Å².